The van der Waals surface area contributed by atoms with Gasteiger partial charge in [0.15, 0.2) is 0 Å². The molecule has 0 bridgehead atoms. The van der Waals surface area contributed by atoms with Crippen LogP contribution in [0, 0.1) is 32.5 Å². The summed E-state index contributed by atoms with van der Waals surface area (Å²) in [7, 11) is -3.60. The molecule has 2 aromatic rings. The number of nitrogens with one attached hydrogen (secondary N) is 1. The van der Waals surface area contributed by atoms with E-state index in [-0.39, 0.29) is 24.2 Å². The SMILES string of the molecule is Cc1cc(C)c(S(=O)(=O)N2CCC(C(=O)NCc3ccccc3F)CC2)c(C)c1. The van der Waals surface area contributed by atoms with Crippen LogP contribution in [0.4, 0.5) is 4.39 Å². The van der Waals surface area contributed by atoms with Crippen molar-refractivity contribution in [2.75, 3.05) is 13.1 Å². The van der Waals surface area contributed by atoms with Crippen molar-refractivity contribution in [2.24, 2.45) is 5.92 Å². The van der Waals surface area contributed by atoms with Gasteiger partial charge in [0.25, 0.3) is 0 Å². The molecule has 156 valence electrons. The van der Waals surface area contributed by atoms with Crippen molar-refractivity contribution >= 4 is 15.9 Å². The molecule has 1 saturated heterocycles. The summed E-state index contributed by atoms with van der Waals surface area (Å²) in [6.45, 7) is 6.30. The number of halogens is 1. The molecule has 0 atom stereocenters. The van der Waals surface area contributed by atoms with Crippen LogP contribution in [0.5, 0.6) is 0 Å². The van der Waals surface area contributed by atoms with Crippen LogP contribution in [0.15, 0.2) is 41.3 Å². The first-order valence-corrected chi connectivity index (χ1v) is 11.2. The molecule has 0 unspecified atom stereocenters. The molecule has 1 amide bonds. The van der Waals surface area contributed by atoms with Crippen LogP contribution >= 0.6 is 0 Å². The predicted octanol–water partition coefficient (Wildman–Crippen LogP) is 3.47. The molecule has 1 fully saturated rings. The monoisotopic (exact) mass is 418 g/mol. The van der Waals surface area contributed by atoms with Crippen molar-refractivity contribution < 1.29 is 17.6 Å². The first kappa shape index (κ1) is 21.5. The topological polar surface area (TPSA) is 66.5 Å². The zero-order valence-corrected chi connectivity index (χ0v) is 17.9. The van der Waals surface area contributed by atoms with Gasteiger partial charge in [-0.1, -0.05) is 35.9 Å². The molecule has 0 aliphatic carbocycles. The molecule has 1 aliphatic rings. The van der Waals surface area contributed by atoms with Gasteiger partial charge in [-0.25, -0.2) is 12.8 Å². The number of sulfonamides is 1. The van der Waals surface area contributed by atoms with Gasteiger partial charge in [-0.3, -0.25) is 4.79 Å². The van der Waals surface area contributed by atoms with Crippen molar-refractivity contribution in [3.8, 4) is 0 Å². The average Bonchev–Trinajstić information content (AvgIpc) is 2.66. The Labute approximate surface area is 172 Å². The highest BCUT2D eigenvalue weighted by Gasteiger charge is 2.33. The van der Waals surface area contributed by atoms with Crippen LogP contribution in [0.25, 0.3) is 0 Å². The maximum Gasteiger partial charge on any atom is 0.243 e. The molecule has 0 radical (unpaired) electrons. The number of carbonyl (C=O) groups excluding carboxylic acids is 1. The van der Waals surface area contributed by atoms with Crippen LogP contribution < -0.4 is 5.32 Å². The van der Waals surface area contributed by atoms with E-state index >= 15 is 0 Å². The summed E-state index contributed by atoms with van der Waals surface area (Å²) in [5.74, 6) is -0.779. The summed E-state index contributed by atoms with van der Waals surface area (Å²) < 4.78 is 41.5. The lowest BCUT2D eigenvalue weighted by molar-refractivity contribution is -0.126. The Bertz CT molecular complexity index is 989. The number of aryl methyl sites for hydroxylation is 3. The fourth-order valence-electron chi connectivity index (χ4n) is 4.03. The van der Waals surface area contributed by atoms with Gasteiger partial charge in [0.05, 0.1) is 4.90 Å². The van der Waals surface area contributed by atoms with Crippen LogP contribution in [0.3, 0.4) is 0 Å². The number of carbonyl (C=O) groups is 1. The third-order valence-corrected chi connectivity index (χ3v) is 7.64. The van der Waals surface area contributed by atoms with E-state index in [1.165, 1.54) is 10.4 Å². The van der Waals surface area contributed by atoms with E-state index in [4.69, 9.17) is 0 Å². The highest BCUT2D eigenvalue weighted by molar-refractivity contribution is 7.89. The lowest BCUT2D eigenvalue weighted by atomic mass is 9.97. The molecule has 2 aromatic carbocycles. The van der Waals surface area contributed by atoms with Gasteiger partial charge in [-0.05, 0) is 50.8 Å². The zero-order valence-electron chi connectivity index (χ0n) is 17.0. The number of hydrogen-bond acceptors (Lipinski definition) is 3. The molecule has 3 rings (SSSR count). The van der Waals surface area contributed by atoms with Gasteiger partial charge in [0, 0.05) is 31.1 Å². The van der Waals surface area contributed by atoms with Gasteiger partial charge in [-0.15, -0.1) is 0 Å². The minimum atomic E-state index is -3.60. The third kappa shape index (κ3) is 4.67. The van der Waals surface area contributed by atoms with Crippen molar-refractivity contribution in [2.45, 2.75) is 45.1 Å². The second kappa shape index (κ2) is 8.63. The van der Waals surface area contributed by atoms with Gasteiger partial charge >= 0.3 is 0 Å². The Morgan fingerprint density at radius 2 is 1.69 bits per heavy atom. The Hall–Kier alpha value is -2.25. The quantitative estimate of drug-likeness (QED) is 0.809. The van der Waals surface area contributed by atoms with Crippen molar-refractivity contribution in [1.82, 2.24) is 9.62 Å². The Kier molecular flexibility index (Phi) is 6.39. The fraction of sp³-hybridized carbons (Fsp3) is 0.409. The largest absolute Gasteiger partial charge is 0.352 e. The van der Waals surface area contributed by atoms with Crippen molar-refractivity contribution in [1.29, 1.82) is 0 Å². The second-order valence-corrected chi connectivity index (χ2v) is 9.59. The van der Waals surface area contributed by atoms with Crippen LogP contribution in [0.1, 0.15) is 35.1 Å². The van der Waals surface area contributed by atoms with Crippen LogP contribution in [0.2, 0.25) is 0 Å². The zero-order chi connectivity index (χ0) is 21.2. The summed E-state index contributed by atoms with van der Waals surface area (Å²) in [5, 5.41) is 2.77. The minimum absolute atomic E-state index is 0.131. The fourth-order valence-corrected chi connectivity index (χ4v) is 5.91. The molecular weight excluding hydrogens is 391 g/mol. The minimum Gasteiger partial charge on any atom is -0.352 e. The van der Waals surface area contributed by atoms with E-state index in [0.29, 0.717) is 36.4 Å². The Morgan fingerprint density at radius 3 is 2.28 bits per heavy atom. The normalized spacial score (nSPS) is 16.0. The Balaban J connectivity index is 1.63. The molecular formula is C22H27FN2O3S. The molecule has 5 nitrogen and oxygen atoms in total. The lowest BCUT2D eigenvalue weighted by Gasteiger charge is -2.31. The van der Waals surface area contributed by atoms with E-state index in [1.807, 2.05) is 32.9 Å². The van der Waals surface area contributed by atoms with Gasteiger partial charge < -0.3 is 5.32 Å². The van der Waals surface area contributed by atoms with Gasteiger partial charge in [0.1, 0.15) is 5.82 Å². The highest BCUT2D eigenvalue weighted by atomic mass is 32.2. The summed E-state index contributed by atoms with van der Waals surface area (Å²) >= 11 is 0. The number of rotatable bonds is 5. The number of hydrogen-bond donors (Lipinski definition) is 1. The lowest BCUT2D eigenvalue weighted by Crippen LogP contribution is -2.43. The molecule has 0 aromatic heterocycles. The average molecular weight is 419 g/mol. The molecule has 1 aliphatic heterocycles. The van der Waals surface area contributed by atoms with E-state index in [1.54, 1.807) is 18.2 Å². The second-order valence-electron chi connectivity index (χ2n) is 7.72. The van der Waals surface area contributed by atoms with Crippen molar-refractivity contribution in [3.05, 3.63) is 64.5 Å². The molecule has 29 heavy (non-hydrogen) atoms. The first-order chi connectivity index (χ1) is 13.7. The Morgan fingerprint density at radius 1 is 1.10 bits per heavy atom. The molecule has 1 N–H and O–H groups in total. The molecule has 0 saturated carbocycles. The van der Waals surface area contributed by atoms with Gasteiger partial charge in [-0.2, -0.15) is 4.31 Å². The number of piperidine rings is 1. The number of benzene rings is 2. The summed E-state index contributed by atoms with van der Waals surface area (Å²) in [6.07, 6.45) is 0.901. The number of nitrogens with zero attached hydrogens (tertiary/aromatic N) is 1. The molecule has 7 heteroatoms. The summed E-state index contributed by atoms with van der Waals surface area (Å²) in [4.78, 5) is 12.8. The maximum absolute atomic E-state index is 13.7. The van der Waals surface area contributed by atoms with E-state index in [0.717, 1.165) is 16.7 Å². The number of amides is 1. The highest BCUT2D eigenvalue weighted by Crippen LogP contribution is 2.28. The van der Waals surface area contributed by atoms with E-state index in [2.05, 4.69) is 5.32 Å². The van der Waals surface area contributed by atoms with Crippen LogP contribution in [-0.2, 0) is 21.4 Å². The third-order valence-electron chi connectivity index (χ3n) is 5.44. The van der Waals surface area contributed by atoms with E-state index in [9.17, 15) is 17.6 Å². The van der Waals surface area contributed by atoms with Gasteiger partial charge in [0.2, 0.25) is 15.9 Å². The molecule has 1 heterocycles. The maximum atomic E-state index is 13.7. The smallest absolute Gasteiger partial charge is 0.243 e. The predicted molar refractivity (Wildman–Crippen MR) is 110 cm³/mol. The summed E-state index contributed by atoms with van der Waals surface area (Å²) in [6, 6.07) is 10.1. The standard InChI is InChI=1S/C22H27FN2O3S/c1-15-12-16(2)21(17(3)13-15)29(27,28)25-10-8-18(9-11-25)22(26)24-14-19-6-4-5-7-20(19)23/h4-7,12-13,18H,8-11,14H2,1-3H3,(H,24,26). The first-order valence-electron chi connectivity index (χ1n) is 9.79. The van der Waals surface area contributed by atoms with E-state index < -0.39 is 10.0 Å². The molecule has 0 spiro atoms. The summed E-state index contributed by atoms with van der Waals surface area (Å²) in [5.41, 5.74) is 2.95. The van der Waals surface area contributed by atoms with Crippen molar-refractivity contribution in [3.63, 3.8) is 0 Å². The van der Waals surface area contributed by atoms with Crippen LogP contribution in [-0.4, -0.2) is 31.7 Å².